The molecule has 6 heteroatoms. The van der Waals surface area contributed by atoms with Gasteiger partial charge in [-0.3, -0.25) is 0 Å². The average Bonchev–Trinajstić information content (AvgIpc) is 2.11. The van der Waals surface area contributed by atoms with Crippen LogP contribution in [-0.2, 0) is 0 Å². The summed E-state index contributed by atoms with van der Waals surface area (Å²) >= 11 is 5.86. The van der Waals surface area contributed by atoms with E-state index < -0.39 is 11.8 Å². The molecule has 0 saturated carbocycles. The normalized spacial score (nSPS) is 12.0. The molecule has 56 valence electrons. The maximum absolute atomic E-state index is 11.9. The summed E-state index contributed by atoms with van der Waals surface area (Å²) in [7, 11) is 0. The predicted octanol–water partition coefficient (Wildman–Crippen LogP) is 2.46. The highest BCUT2D eigenvalue weighted by Crippen LogP contribution is 2.19. The molecule has 0 aliphatic carbocycles. The molecule has 0 aromatic carbocycles. The SMILES string of the molecule is F[B-](F)(F)c1sccc1Cl. The Morgan fingerprint density at radius 2 is 2.00 bits per heavy atom. The van der Waals surface area contributed by atoms with Gasteiger partial charge in [0, 0.05) is 5.02 Å². The summed E-state index contributed by atoms with van der Waals surface area (Å²) in [5, 5.41) is 1.13. The minimum atomic E-state index is -4.90. The fourth-order valence-corrected chi connectivity index (χ4v) is 1.62. The summed E-state index contributed by atoms with van der Waals surface area (Å²) in [4.78, 5) is 0. The van der Waals surface area contributed by atoms with Crippen LogP contribution in [0.3, 0.4) is 0 Å². The van der Waals surface area contributed by atoms with Crippen LogP contribution in [0.25, 0.3) is 0 Å². The summed E-state index contributed by atoms with van der Waals surface area (Å²) < 4.78 is 34.9. The van der Waals surface area contributed by atoms with Crippen molar-refractivity contribution in [1.29, 1.82) is 0 Å². The van der Waals surface area contributed by atoms with Crippen molar-refractivity contribution in [3.63, 3.8) is 0 Å². The van der Waals surface area contributed by atoms with Crippen LogP contribution in [0.1, 0.15) is 0 Å². The van der Waals surface area contributed by atoms with E-state index in [1.807, 2.05) is 0 Å². The molecule has 0 aliphatic rings. The molecular formula is C4H2BClF3S-. The van der Waals surface area contributed by atoms with E-state index in [1.165, 1.54) is 11.4 Å². The fraction of sp³-hybridized carbons (Fsp3) is 0. The number of hydrogen-bond donors (Lipinski definition) is 0. The van der Waals surface area contributed by atoms with Crippen molar-refractivity contribution in [2.45, 2.75) is 0 Å². The van der Waals surface area contributed by atoms with Crippen molar-refractivity contribution in [2.75, 3.05) is 0 Å². The van der Waals surface area contributed by atoms with E-state index in [-0.39, 0.29) is 5.02 Å². The molecule has 1 rings (SSSR count). The zero-order valence-electron chi connectivity index (χ0n) is 4.65. The highest BCUT2D eigenvalue weighted by Gasteiger charge is 2.29. The van der Waals surface area contributed by atoms with Gasteiger partial charge in [-0.1, -0.05) is 11.6 Å². The van der Waals surface area contributed by atoms with E-state index in [0.29, 0.717) is 11.3 Å². The molecule has 0 unspecified atom stereocenters. The average molecular weight is 185 g/mol. The number of hydrogen-bond acceptors (Lipinski definition) is 1. The summed E-state index contributed by atoms with van der Waals surface area (Å²) in [5.74, 6) is 0. The second-order valence-electron chi connectivity index (χ2n) is 1.71. The lowest BCUT2D eigenvalue weighted by molar-refractivity contribution is 0.503. The lowest BCUT2D eigenvalue weighted by Gasteiger charge is -2.11. The van der Waals surface area contributed by atoms with Crippen molar-refractivity contribution in [2.24, 2.45) is 0 Å². The van der Waals surface area contributed by atoms with Gasteiger partial charge in [-0.15, -0.1) is 0 Å². The molecule has 0 fully saturated rings. The number of rotatable bonds is 1. The van der Waals surface area contributed by atoms with Gasteiger partial charge < -0.3 is 12.9 Å². The summed E-state index contributed by atoms with van der Waals surface area (Å²) in [6.45, 7) is -4.90. The summed E-state index contributed by atoms with van der Waals surface area (Å²) in [6.07, 6.45) is 0. The maximum Gasteiger partial charge on any atom is 0.520 e. The molecular weight excluding hydrogens is 183 g/mol. The van der Waals surface area contributed by atoms with Gasteiger partial charge in [0.25, 0.3) is 0 Å². The quantitative estimate of drug-likeness (QED) is 0.590. The third kappa shape index (κ3) is 1.46. The Kier molecular flexibility index (Phi) is 1.96. The molecule has 1 aromatic heterocycles. The van der Waals surface area contributed by atoms with Crippen LogP contribution in [0.5, 0.6) is 0 Å². The van der Waals surface area contributed by atoms with E-state index in [9.17, 15) is 12.9 Å². The van der Waals surface area contributed by atoms with Gasteiger partial charge in [-0.25, -0.2) is 0 Å². The summed E-state index contributed by atoms with van der Waals surface area (Å²) in [5.41, 5.74) is 0. The predicted molar refractivity (Wildman–Crippen MR) is 38.0 cm³/mol. The molecule has 0 radical (unpaired) electrons. The van der Waals surface area contributed by atoms with Crippen molar-refractivity contribution in [1.82, 2.24) is 0 Å². The third-order valence-electron chi connectivity index (χ3n) is 0.942. The van der Waals surface area contributed by atoms with Crippen LogP contribution in [0.15, 0.2) is 11.4 Å². The minimum absolute atomic E-state index is 0.197. The van der Waals surface area contributed by atoms with E-state index in [0.717, 1.165) is 0 Å². The monoisotopic (exact) mass is 185 g/mol. The standard InChI is InChI=1S/C4H2BClF3S/c6-3-1-2-10-4(3)5(7,8)9/h1-2H/q-1. The first-order chi connectivity index (χ1) is 4.52. The Morgan fingerprint density at radius 1 is 1.40 bits per heavy atom. The smallest absolute Gasteiger partial charge is 0.444 e. The van der Waals surface area contributed by atoms with Crippen LogP contribution in [-0.4, -0.2) is 6.98 Å². The molecule has 1 aromatic rings. The molecule has 10 heavy (non-hydrogen) atoms. The number of halogens is 4. The molecule has 0 saturated heterocycles. The van der Waals surface area contributed by atoms with Crippen LogP contribution in [0, 0.1) is 0 Å². The summed E-state index contributed by atoms with van der Waals surface area (Å²) in [6, 6.07) is 1.25. The lowest BCUT2D eigenvalue weighted by Crippen LogP contribution is -2.31. The first-order valence-corrected chi connectivity index (χ1v) is 3.70. The Hall–Kier alpha value is -0.155. The van der Waals surface area contributed by atoms with E-state index in [1.54, 1.807) is 0 Å². The Labute approximate surface area is 64.7 Å². The largest absolute Gasteiger partial charge is 0.520 e. The molecule has 0 spiro atoms. The van der Waals surface area contributed by atoms with Gasteiger partial charge in [-0.05, 0) is 16.2 Å². The Morgan fingerprint density at radius 3 is 2.20 bits per heavy atom. The Bertz CT molecular complexity index is 231. The van der Waals surface area contributed by atoms with Crippen LogP contribution >= 0.6 is 22.9 Å². The minimum Gasteiger partial charge on any atom is -0.444 e. The van der Waals surface area contributed by atoms with Crippen LogP contribution in [0.4, 0.5) is 12.9 Å². The van der Waals surface area contributed by atoms with E-state index >= 15 is 0 Å². The number of thiophene rings is 1. The molecule has 0 amide bonds. The fourth-order valence-electron chi connectivity index (χ4n) is 0.539. The maximum atomic E-state index is 11.9. The third-order valence-corrected chi connectivity index (χ3v) is 2.40. The van der Waals surface area contributed by atoms with E-state index in [2.05, 4.69) is 0 Å². The molecule has 1 heterocycles. The highest BCUT2D eigenvalue weighted by molar-refractivity contribution is 7.23. The van der Waals surface area contributed by atoms with Crippen LogP contribution < -0.4 is 4.78 Å². The van der Waals surface area contributed by atoms with Crippen molar-refractivity contribution >= 4 is 34.7 Å². The Balaban J connectivity index is 3.05. The molecule has 0 aliphatic heterocycles. The second-order valence-corrected chi connectivity index (χ2v) is 3.06. The zero-order chi connectivity index (χ0) is 7.78. The van der Waals surface area contributed by atoms with Gasteiger partial charge >= 0.3 is 6.98 Å². The highest BCUT2D eigenvalue weighted by atomic mass is 35.5. The van der Waals surface area contributed by atoms with Crippen molar-refractivity contribution in [3.05, 3.63) is 16.5 Å². The molecule has 0 N–H and O–H groups in total. The van der Waals surface area contributed by atoms with Crippen molar-refractivity contribution < 1.29 is 12.9 Å². The van der Waals surface area contributed by atoms with Gasteiger partial charge in [-0.2, -0.15) is 11.3 Å². The topological polar surface area (TPSA) is 0 Å². The lowest BCUT2D eigenvalue weighted by atomic mass is 9.89. The first kappa shape index (κ1) is 7.95. The molecule has 0 nitrogen and oxygen atoms in total. The van der Waals surface area contributed by atoms with Crippen molar-refractivity contribution in [3.8, 4) is 0 Å². The van der Waals surface area contributed by atoms with Gasteiger partial charge in [0.15, 0.2) is 0 Å². The molecule has 0 bridgehead atoms. The first-order valence-electron chi connectivity index (χ1n) is 2.44. The van der Waals surface area contributed by atoms with Gasteiger partial charge in [0.2, 0.25) is 0 Å². The van der Waals surface area contributed by atoms with Gasteiger partial charge in [0.05, 0.1) is 0 Å². The zero-order valence-corrected chi connectivity index (χ0v) is 6.22. The van der Waals surface area contributed by atoms with Crippen LogP contribution in [0.2, 0.25) is 5.02 Å². The van der Waals surface area contributed by atoms with E-state index in [4.69, 9.17) is 11.6 Å². The second kappa shape index (κ2) is 2.47. The van der Waals surface area contributed by atoms with Gasteiger partial charge in [0.1, 0.15) is 0 Å². The molecule has 0 atom stereocenters.